The fraction of sp³-hybridized carbons (Fsp3) is 0.125. The first-order valence-corrected chi connectivity index (χ1v) is 6.35. The average Bonchev–Trinajstić information content (AvgIpc) is 2.57. The minimum absolute atomic E-state index is 0.144. The fourth-order valence-corrected chi connectivity index (χ4v) is 2.17. The molecule has 1 unspecified atom stereocenters. The molecule has 3 nitrogen and oxygen atoms in total. The zero-order chi connectivity index (χ0) is 14.1. The molecule has 0 saturated carbocycles. The van der Waals surface area contributed by atoms with Gasteiger partial charge in [0.25, 0.3) is 5.91 Å². The molecular weight excluding hydrogens is 255 g/mol. The van der Waals surface area contributed by atoms with Gasteiger partial charge >= 0.3 is 0 Å². The number of nitrogens with one attached hydrogen (secondary N) is 1. The van der Waals surface area contributed by atoms with E-state index in [0.717, 1.165) is 5.56 Å². The second kappa shape index (κ2) is 4.89. The number of aryl methyl sites for hydroxylation is 1. The minimum atomic E-state index is -1.77. The van der Waals surface area contributed by atoms with E-state index in [1.807, 2.05) is 19.1 Å². The highest BCUT2D eigenvalue weighted by Crippen LogP contribution is 2.30. The number of hydrogen-bond donors (Lipinski definition) is 1. The Bertz CT molecular complexity index is 695. The summed E-state index contributed by atoms with van der Waals surface area (Å²) in [6.07, 6.45) is -1.77. The van der Waals surface area contributed by atoms with Gasteiger partial charge in [-0.05, 0) is 30.2 Å². The number of hydrogen-bond acceptors (Lipinski definition) is 2. The van der Waals surface area contributed by atoms with Crippen LogP contribution in [0.3, 0.4) is 0 Å². The number of carbonyl (C=O) groups is 1. The van der Waals surface area contributed by atoms with Gasteiger partial charge < -0.3 is 5.32 Å². The number of aliphatic imine (C=N–C) groups is 1. The SMILES string of the molecule is Cc1ccc2c(c1)NC(=O)C(F)C(c1ccccc1)=N2. The lowest BCUT2D eigenvalue weighted by molar-refractivity contribution is -0.118. The standard InChI is InChI=1S/C16H13FN2O/c1-10-7-8-12-13(9-10)19-16(20)14(17)15(18-12)11-5-3-2-4-6-11/h2-9,14H,1H3,(H,19,20). The summed E-state index contributed by atoms with van der Waals surface area (Å²) >= 11 is 0. The number of benzene rings is 2. The Kier molecular flexibility index (Phi) is 3.06. The smallest absolute Gasteiger partial charge is 0.265 e. The summed E-state index contributed by atoms with van der Waals surface area (Å²) in [5.74, 6) is -0.683. The van der Waals surface area contributed by atoms with Crippen molar-refractivity contribution in [1.82, 2.24) is 0 Å². The molecule has 1 aliphatic heterocycles. The molecule has 0 radical (unpaired) electrons. The third kappa shape index (κ3) is 2.20. The first-order chi connectivity index (χ1) is 9.65. The van der Waals surface area contributed by atoms with E-state index in [4.69, 9.17) is 0 Å². The van der Waals surface area contributed by atoms with Gasteiger partial charge in [0.15, 0.2) is 0 Å². The quantitative estimate of drug-likeness (QED) is 0.846. The van der Waals surface area contributed by atoms with Gasteiger partial charge in [0.05, 0.1) is 17.1 Å². The molecule has 0 fully saturated rings. The Labute approximate surface area is 116 Å². The second-order valence-corrected chi connectivity index (χ2v) is 4.74. The number of alkyl halides is 1. The molecule has 3 rings (SSSR count). The Balaban J connectivity index is 2.16. The van der Waals surface area contributed by atoms with Crippen LogP contribution in [0.5, 0.6) is 0 Å². The van der Waals surface area contributed by atoms with E-state index < -0.39 is 12.1 Å². The number of nitrogens with zero attached hydrogens (tertiary/aromatic N) is 1. The van der Waals surface area contributed by atoms with Crippen LogP contribution in [0.4, 0.5) is 15.8 Å². The summed E-state index contributed by atoms with van der Waals surface area (Å²) in [6.45, 7) is 1.91. The van der Waals surface area contributed by atoms with E-state index in [9.17, 15) is 9.18 Å². The summed E-state index contributed by atoms with van der Waals surface area (Å²) in [6, 6.07) is 14.4. The summed E-state index contributed by atoms with van der Waals surface area (Å²) in [5.41, 5.74) is 2.86. The summed E-state index contributed by atoms with van der Waals surface area (Å²) in [7, 11) is 0. The third-order valence-electron chi connectivity index (χ3n) is 3.19. The molecule has 2 aromatic carbocycles. The van der Waals surface area contributed by atoms with Crippen molar-refractivity contribution < 1.29 is 9.18 Å². The van der Waals surface area contributed by atoms with Gasteiger partial charge in [-0.1, -0.05) is 36.4 Å². The number of carbonyl (C=O) groups excluding carboxylic acids is 1. The molecule has 0 aliphatic carbocycles. The predicted molar refractivity (Wildman–Crippen MR) is 77.3 cm³/mol. The molecular formula is C16H13FN2O. The lowest BCUT2D eigenvalue weighted by Crippen LogP contribution is -2.30. The van der Waals surface area contributed by atoms with Gasteiger partial charge in [0.2, 0.25) is 6.17 Å². The Morgan fingerprint density at radius 1 is 1.15 bits per heavy atom. The molecule has 1 N–H and O–H groups in total. The van der Waals surface area contributed by atoms with Crippen LogP contribution in [0.15, 0.2) is 53.5 Å². The van der Waals surface area contributed by atoms with Crippen molar-refractivity contribution in [3.63, 3.8) is 0 Å². The van der Waals surface area contributed by atoms with Gasteiger partial charge in [0.1, 0.15) is 0 Å². The van der Waals surface area contributed by atoms with Crippen LogP contribution in [0.25, 0.3) is 0 Å². The van der Waals surface area contributed by atoms with Crippen LogP contribution in [0.2, 0.25) is 0 Å². The van der Waals surface area contributed by atoms with Gasteiger partial charge in [-0.15, -0.1) is 0 Å². The maximum absolute atomic E-state index is 14.3. The maximum atomic E-state index is 14.3. The largest absolute Gasteiger partial charge is 0.321 e. The van der Waals surface area contributed by atoms with E-state index >= 15 is 0 Å². The molecule has 100 valence electrons. The average molecular weight is 268 g/mol. The minimum Gasteiger partial charge on any atom is -0.321 e. The first-order valence-electron chi connectivity index (χ1n) is 6.35. The van der Waals surface area contributed by atoms with Crippen molar-refractivity contribution in [2.24, 2.45) is 4.99 Å². The highest BCUT2D eigenvalue weighted by molar-refractivity contribution is 6.21. The summed E-state index contributed by atoms with van der Waals surface area (Å²) in [4.78, 5) is 16.2. The molecule has 4 heteroatoms. The number of amides is 1. The Hall–Kier alpha value is -2.49. The van der Waals surface area contributed by atoms with Crippen LogP contribution in [0, 0.1) is 6.92 Å². The number of anilines is 1. The van der Waals surface area contributed by atoms with Crippen LogP contribution in [-0.4, -0.2) is 17.8 Å². The normalized spacial score (nSPS) is 17.8. The molecule has 1 aliphatic rings. The van der Waals surface area contributed by atoms with Crippen molar-refractivity contribution in [2.75, 3.05) is 5.32 Å². The molecule has 20 heavy (non-hydrogen) atoms. The molecule has 0 spiro atoms. The number of rotatable bonds is 1. The molecule has 1 amide bonds. The highest BCUT2D eigenvalue weighted by atomic mass is 19.1. The Morgan fingerprint density at radius 2 is 1.90 bits per heavy atom. The second-order valence-electron chi connectivity index (χ2n) is 4.74. The predicted octanol–water partition coefficient (Wildman–Crippen LogP) is 3.41. The van der Waals surface area contributed by atoms with E-state index in [1.54, 1.807) is 36.4 Å². The van der Waals surface area contributed by atoms with Crippen LogP contribution < -0.4 is 5.32 Å². The third-order valence-corrected chi connectivity index (χ3v) is 3.19. The van der Waals surface area contributed by atoms with Gasteiger partial charge in [0, 0.05) is 0 Å². The number of halogens is 1. The highest BCUT2D eigenvalue weighted by Gasteiger charge is 2.28. The molecule has 2 aromatic rings. The zero-order valence-corrected chi connectivity index (χ0v) is 10.9. The van der Waals surface area contributed by atoms with Crippen LogP contribution in [0.1, 0.15) is 11.1 Å². The summed E-state index contributed by atoms with van der Waals surface area (Å²) < 4.78 is 14.3. The first kappa shape index (κ1) is 12.5. The van der Waals surface area contributed by atoms with Crippen molar-refractivity contribution in [3.8, 4) is 0 Å². The zero-order valence-electron chi connectivity index (χ0n) is 10.9. The van der Waals surface area contributed by atoms with E-state index in [2.05, 4.69) is 10.3 Å². The molecule has 0 aromatic heterocycles. The van der Waals surface area contributed by atoms with Crippen molar-refractivity contribution in [2.45, 2.75) is 13.1 Å². The monoisotopic (exact) mass is 268 g/mol. The van der Waals surface area contributed by atoms with Crippen molar-refractivity contribution in [3.05, 3.63) is 59.7 Å². The lowest BCUT2D eigenvalue weighted by atomic mass is 10.1. The number of fused-ring (bicyclic) bond motifs is 1. The molecule has 1 atom stereocenters. The molecule has 1 heterocycles. The molecule has 0 saturated heterocycles. The topological polar surface area (TPSA) is 41.5 Å². The fourth-order valence-electron chi connectivity index (χ4n) is 2.17. The van der Waals surface area contributed by atoms with Crippen LogP contribution >= 0.6 is 0 Å². The maximum Gasteiger partial charge on any atom is 0.265 e. The van der Waals surface area contributed by atoms with E-state index in [0.29, 0.717) is 16.9 Å². The van der Waals surface area contributed by atoms with Gasteiger partial charge in [-0.2, -0.15) is 0 Å². The van der Waals surface area contributed by atoms with Crippen molar-refractivity contribution in [1.29, 1.82) is 0 Å². The molecule has 0 bridgehead atoms. The Morgan fingerprint density at radius 3 is 2.65 bits per heavy atom. The van der Waals surface area contributed by atoms with Gasteiger partial charge in [-0.3, -0.25) is 4.79 Å². The van der Waals surface area contributed by atoms with Crippen LogP contribution in [-0.2, 0) is 4.79 Å². The van der Waals surface area contributed by atoms with E-state index in [-0.39, 0.29) is 5.71 Å². The van der Waals surface area contributed by atoms with E-state index in [1.165, 1.54) is 0 Å². The summed E-state index contributed by atoms with van der Waals surface area (Å²) in [5, 5.41) is 2.58. The lowest BCUT2D eigenvalue weighted by Gasteiger charge is -2.08. The van der Waals surface area contributed by atoms with Crippen molar-refractivity contribution >= 4 is 23.0 Å². The van der Waals surface area contributed by atoms with Gasteiger partial charge in [-0.25, -0.2) is 9.38 Å².